The quantitative estimate of drug-likeness (QED) is 0.661. The van der Waals surface area contributed by atoms with Crippen molar-refractivity contribution in [2.24, 2.45) is 0 Å². The first-order valence-electron chi connectivity index (χ1n) is 5.12. The number of nitrogens with one attached hydrogen (secondary N) is 1. The fourth-order valence-electron chi connectivity index (χ4n) is 1.58. The van der Waals surface area contributed by atoms with Gasteiger partial charge in [-0.25, -0.2) is 0 Å². The van der Waals surface area contributed by atoms with Crippen molar-refractivity contribution in [2.75, 3.05) is 20.3 Å². The molecule has 0 radical (unpaired) electrons. The number of likely N-dealkylation sites (N-methyl/N-ethyl adjacent to an activating group) is 1. The molecular formula is C12H19NO2. The smallest absolute Gasteiger partial charge is 0.0686 e. The highest BCUT2D eigenvalue weighted by Crippen LogP contribution is 2.15. The van der Waals surface area contributed by atoms with Gasteiger partial charge in [-0.3, -0.25) is 0 Å². The Labute approximate surface area is 90.8 Å². The lowest BCUT2D eigenvalue weighted by molar-refractivity contribution is 0.0971. The zero-order chi connectivity index (χ0) is 11.3. The molecule has 0 aliphatic rings. The molecule has 3 N–H and O–H groups in total. The number of aliphatic hydroxyl groups excluding tert-OH is 2. The third kappa shape index (κ3) is 2.78. The zero-order valence-electron chi connectivity index (χ0n) is 9.33. The molecule has 0 unspecified atom stereocenters. The summed E-state index contributed by atoms with van der Waals surface area (Å²) >= 11 is 0. The van der Waals surface area contributed by atoms with Gasteiger partial charge in [0.15, 0.2) is 0 Å². The summed E-state index contributed by atoms with van der Waals surface area (Å²) < 4.78 is 0. The van der Waals surface area contributed by atoms with E-state index < -0.39 is 5.54 Å². The van der Waals surface area contributed by atoms with E-state index in [2.05, 4.69) is 5.32 Å². The molecule has 0 fully saturated rings. The topological polar surface area (TPSA) is 52.5 Å². The lowest BCUT2D eigenvalue weighted by atomic mass is 9.90. The van der Waals surface area contributed by atoms with Crippen molar-refractivity contribution in [3.05, 3.63) is 35.4 Å². The van der Waals surface area contributed by atoms with E-state index in [9.17, 15) is 10.2 Å². The lowest BCUT2D eigenvalue weighted by Crippen LogP contribution is -2.51. The van der Waals surface area contributed by atoms with Crippen LogP contribution >= 0.6 is 0 Å². The molecule has 1 aromatic carbocycles. The maximum atomic E-state index is 9.31. The highest BCUT2D eigenvalue weighted by molar-refractivity contribution is 5.27. The Kier molecular flexibility index (Phi) is 4.27. The number of aliphatic hydroxyl groups is 2. The predicted molar refractivity (Wildman–Crippen MR) is 60.8 cm³/mol. The summed E-state index contributed by atoms with van der Waals surface area (Å²) in [4.78, 5) is 0. The molecule has 3 heteroatoms. The molecule has 0 atom stereocenters. The van der Waals surface area contributed by atoms with Gasteiger partial charge in [-0.2, -0.15) is 0 Å². The van der Waals surface area contributed by atoms with Crippen LogP contribution in [0, 0.1) is 6.92 Å². The van der Waals surface area contributed by atoms with Gasteiger partial charge in [0, 0.05) is 0 Å². The van der Waals surface area contributed by atoms with E-state index in [0.717, 1.165) is 5.56 Å². The van der Waals surface area contributed by atoms with Gasteiger partial charge in [0.1, 0.15) is 0 Å². The Morgan fingerprint density at radius 3 is 2.27 bits per heavy atom. The second-order valence-electron chi connectivity index (χ2n) is 3.95. The largest absolute Gasteiger partial charge is 0.394 e. The van der Waals surface area contributed by atoms with E-state index in [1.165, 1.54) is 5.56 Å². The van der Waals surface area contributed by atoms with Crippen LogP contribution in [0.5, 0.6) is 0 Å². The molecule has 0 saturated heterocycles. The highest BCUT2D eigenvalue weighted by Gasteiger charge is 2.27. The number of hydrogen-bond acceptors (Lipinski definition) is 3. The number of hydrogen-bond donors (Lipinski definition) is 3. The highest BCUT2D eigenvalue weighted by atomic mass is 16.3. The van der Waals surface area contributed by atoms with Gasteiger partial charge in [0.25, 0.3) is 0 Å². The Hall–Kier alpha value is -0.900. The molecule has 0 heterocycles. The molecule has 0 aliphatic carbocycles. The molecule has 1 aromatic rings. The zero-order valence-corrected chi connectivity index (χ0v) is 9.33. The van der Waals surface area contributed by atoms with Crippen molar-refractivity contribution in [3.8, 4) is 0 Å². The van der Waals surface area contributed by atoms with Crippen molar-refractivity contribution < 1.29 is 10.2 Å². The summed E-state index contributed by atoms with van der Waals surface area (Å²) in [5.74, 6) is 0. The first-order chi connectivity index (χ1) is 7.17. The number of benzene rings is 1. The summed E-state index contributed by atoms with van der Waals surface area (Å²) in [5.41, 5.74) is 1.71. The van der Waals surface area contributed by atoms with E-state index in [0.29, 0.717) is 6.42 Å². The molecule has 15 heavy (non-hydrogen) atoms. The summed E-state index contributed by atoms with van der Waals surface area (Å²) in [6.07, 6.45) is 0.628. The van der Waals surface area contributed by atoms with Crippen molar-refractivity contribution >= 4 is 0 Å². The second kappa shape index (κ2) is 5.26. The van der Waals surface area contributed by atoms with Crippen LogP contribution in [-0.4, -0.2) is 36.0 Å². The molecule has 0 saturated carbocycles. The summed E-state index contributed by atoms with van der Waals surface area (Å²) in [6, 6.07) is 8.01. The van der Waals surface area contributed by atoms with Gasteiger partial charge in [-0.05, 0) is 31.5 Å². The molecule has 0 aromatic heterocycles. The van der Waals surface area contributed by atoms with Crippen LogP contribution in [0.25, 0.3) is 0 Å². The number of aryl methyl sites for hydroxylation is 1. The first kappa shape index (κ1) is 12.2. The molecule has 0 amide bonds. The maximum Gasteiger partial charge on any atom is 0.0686 e. The fourth-order valence-corrected chi connectivity index (χ4v) is 1.58. The Morgan fingerprint density at radius 1 is 1.20 bits per heavy atom. The van der Waals surface area contributed by atoms with E-state index in [1.807, 2.05) is 31.2 Å². The van der Waals surface area contributed by atoms with E-state index >= 15 is 0 Å². The minimum Gasteiger partial charge on any atom is -0.394 e. The van der Waals surface area contributed by atoms with E-state index in [4.69, 9.17) is 0 Å². The predicted octanol–water partition coefficient (Wildman–Crippen LogP) is 0.480. The van der Waals surface area contributed by atoms with Gasteiger partial charge in [0.2, 0.25) is 0 Å². The number of rotatable bonds is 5. The summed E-state index contributed by atoms with van der Waals surface area (Å²) in [6.45, 7) is 1.88. The van der Waals surface area contributed by atoms with Crippen molar-refractivity contribution in [2.45, 2.75) is 18.9 Å². The van der Waals surface area contributed by atoms with Crippen molar-refractivity contribution in [1.29, 1.82) is 0 Å². The van der Waals surface area contributed by atoms with Crippen LogP contribution in [0.2, 0.25) is 0 Å². The molecule has 0 bridgehead atoms. The third-order valence-corrected chi connectivity index (χ3v) is 2.93. The van der Waals surface area contributed by atoms with Crippen LogP contribution in [0.3, 0.4) is 0 Å². The molecule has 3 nitrogen and oxygen atoms in total. The van der Waals surface area contributed by atoms with Crippen LogP contribution in [0.1, 0.15) is 11.1 Å². The van der Waals surface area contributed by atoms with E-state index in [-0.39, 0.29) is 13.2 Å². The van der Waals surface area contributed by atoms with Crippen molar-refractivity contribution in [1.82, 2.24) is 5.32 Å². The monoisotopic (exact) mass is 209 g/mol. The Bertz CT molecular complexity index is 300. The molecule has 0 spiro atoms. The van der Waals surface area contributed by atoms with Crippen LogP contribution < -0.4 is 5.32 Å². The Morgan fingerprint density at radius 2 is 1.80 bits per heavy atom. The molecule has 84 valence electrons. The van der Waals surface area contributed by atoms with Crippen molar-refractivity contribution in [3.63, 3.8) is 0 Å². The standard InChI is InChI=1S/C12H19NO2/c1-10-5-3-4-6-11(10)7-12(8-14,9-15)13-2/h3-6,13-15H,7-9H2,1-2H3. The average molecular weight is 209 g/mol. The third-order valence-electron chi connectivity index (χ3n) is 2.93. The minimum atomic E-state index is -0.619. The minimum absolute atomic E-state index is 0.0751. The molecular weight excluding hydrogens is 190 g/mol. The van der Waals surface area contributed by atoms with E-state index in [1.54, 1.807) is 7.05 Å². The van der Waals surface area contributed by atoms with Crippen LogP contribution in [-0.2, 0) is 6.42 Å². The van der Waals surface area contributed by atoms with Gasteiger partial charge in [-0.1, -0.05) is 24.3 Å². The second-order valence-corrected chi connectivity index (χ2v) is 3.95. The Balaban J connectivity index is 2.88. The van der Waals surface area contributed by atoms with Gasteiger partial charge >= 0.3 is 0 Å². The SMILES string of the molecule is CNC(CO)(CO)Cc1ccccc1C. The summed E-state index contributed by atoms with van der Waals surface area (Å²) in [5, 5.41) is 21.6. The fraction of sp³-hybridized carbons (Fsp3) is 0.500. The maximum absolute atomic E-state index is 9.31. The lowest BCUT2D eigenvalue weighted by Gasteiger charge is -2.30. The van der Waals surface area contributed by atoms with Gasteiger partial charge in [-0.15, -0.1) is 0 Å². The first-order valence-corrected chi connectivity index (χ1v) is 5.12. The van der Waals surface area contributed by atoms with Crippen LogP contribution in [0.15, 0.2) is 24.3 Å². The molecule has 1 rings (SSSR count). The van der Waals surface area contributed by atoms with Crippen LogP contribution in [0.4, 0.5) is 0 Å². The average Bonchev–Trinajstić information content (AvgIpc) is 2.29. The summed E-state index contributed by atoms with van der Waals surface area (Å²) in [7, 11) is 1.75. The van der Waals surface area contributed by atoms with Gasteiger partial charge in [0.05, 0.1) is 18.8 Å². The normalized spacial score (nSPS) is 11.7. The van der Waals surface area contributed by atoms with Gasteiger partial charge < -0.3 is 15.5 Å². The molecule has 0 aliphatic heterocycles.